The van der Waals surface area contributed by atoms with Crippen molar-refractivity contribution >= 4 is 28.9 Å². The summed E-state index contributed by atoms with van der Waals surface area (Å²) in [6.07, 6.45) is 2.34. The van der Waals surface area contributed by atoms with Gasteiger partial charge in [-0.15, -0.1) is 11.3 Å². The summed E-state index contributed by atoms with van der Waals surface area (Å²) in [6, 6.07) is 0. The fraction of sp³-hybridized carbons (Fsp3) is 0.429. The molecule has 1 atom stereocenters. The molecule has 3 N–H and O–H groups in total. The molecule has 0 aliphatic carbocycles. The Morgan fingerprint density at radius 2 is 2.69 bits per heavy atom. The third-order valence-electron chi connectivity index (χ3n) is 1.34. The molecule has 0 aliphatic heterocycles. The second-order valence-corrected chi connectivity index (χ2v) is 5.10. The van der Waals surface area contributed by atoms with Gasteiger partial charge in [0, 0.05) is 23.2 Å². The summed E-state index contributed by atoms with van der Waals surface area (Å²) < 4.78 is 1.01. The molecule has 1 aromatic heterocycles. The van der Waals surface area contributed by atoms with Gasteiger partial charge in [-0.05, 0) is 0 Å². The van der Waals surface area contributed by atoms with Gasteiger partial charge in [0.15, 0.2) is 0 Å². The Labute approximate surface area is 84.9 Å². The molecule has 1 aromatic rings. The van der Waals surface area contributed by atoms with Crippen molar-refractivity contribution in [2.75, 3.05) is 0 Å². The van der Waals surface area contributed by atoms with Gasteiger partial charge in [-0.3, -0.25) is 0 Å². The number of aromatic nitrogens is 1. The molecule has 0 fully saturated rings. The number of amidine groups is 1. The number of nitrogens with two attached hydrogens (primary N) is 1. The Bertz CT molecular complexity index is 273. The first-order chi connectivity index (χ1) is 6.22. The van der Waals surface area contributed by atoms with Crippen molar-refractivity contribution in [2.45, 2.75) is 22.9 Å². The van der Waals surface area contributed by atoms with Crippen LogP contribution < -0.4 is 5.73 Å². The van der Waals surface area contributed by atoms with Gasteiger partial charge < -0.3 is 10.9 Å². The van der Waals surface area contributed by atoms with Gasteiger partial charge in [0.2, 0.25) is 0 Å². The van der Waals surface area contributed by atoms with Crippen molar-refractivity contribution < 1.29 is 5.21 Å². The molecule has 4 nitrogen and oxygen atoms in total. The van der Waals surface area contributed by atoms with E-state index in [-0.39, 0.29) is 11.1 Å². The maximum atomic E-state index is 8.35. The van der Waals surface area contributed by atoms with Crippen LogP contribution in [0.3, 0.4) is 0 Å². The summed E-state index contributed by atoms with van der Waals surface area (Å²) in [4.78, 5) is 4.13. The van der Waals surface area contributed by atoms with E-state index >= 15 is 0 Å². The highest BCUT2D eigenvalue weighted by molar-refractivity contribution is 8.01. The third kappa shape index (κ3) is 3.65. The number of hydrogen-bond donors (Lipinski definition) is 2. The van der Waals surface area contributed by atoms with Gasteiger partial charge in [0.1, 0.15) is 10.2 Å². The lowest BCUT2D eigenvalue weighted by Crippen LogP contribution is -2.16. The van der Waals surface area contributed by atoms with Crippen LogP contribution >= 0.6 is 23.1 Å². The zero-order valence-corrected chi connectivity index (χ0v) is 8.81. The first kappa shape index (κ1) is 10.3. The van der Waals surface area contributed by atoms with Crippen LogP contribution in [0.15, 0.2) is 21.1 Å². The largest absolute Gasteiger partial charge is 0.409 e. The van der Waals surface area contributed by atoms with E-state index in [0.29, 0.717) is 6.42 Å². The molecule has 0 spiro atoms. The van der Waals surface area contributed by atoms with Crippen molar-refractivity contribution in [3.8, 4) is 0 Å². The van der Waals surface area contributed by atoms with Gasteiger partial charge in [-0.2, -0.15) is 0 Å². The minimum Gasteiger partial charge on any atom is -0.409 e. The van der Waals surface area contributed by atoms with E-state index < -0.39 is 0 Å². The molecular formula is C7H11N3OS2. The van der Waals surface area contributed by atoms with Crippen molar-refractivity contribution in [3.05, 3.63) is 11.6 Å². The summed E-state index contributed by atoms with van der Waals surface area (Å²) in [7, 11) is 0. The van der Waals surface area contributed by atoms with Gasteiger partial charge in [0.05, 0.1) is 0 Å². The highest BCUT2D eigenvalue weighted by atomic mass is 32.2. The smallest absolute Gasteiger partial charge is 0.150 e. The van der Waals surface area contributed by atoms with Crippen LogP contribution in [0.25, 0.3) is 0 Å². The quantitative estimate of drug-likeness (QED) is 0.265. The molecule has 0 aliphatic rings. The number of nitrogens with zero attached hydrogens (tertiary/aromatic N) is 2. The van der Waals surface area contributed by atoms with Crippen LogP contribution in [0.1, 0.15) is 13.3 Å². The molecule has 0 saturated heterocycles. The van der Waals surface area contributed by atoms with Crippen LogP contribution in [0.2, 0.25) is 0 Å². The number of thioether (sulfide) groups is 1. The Hall–Kier alpha value is -0.750. The van der Waals surface area contributed by atoms with Crippen LogP contribution in [-0.2, 0) is 0 Å². The fourth-order valence-electron chi connectivity index (χ4n) is 0.818. The minimum atomic E-state index is 0.261. The van der Waals surface area contributed by atoms with Gasteiger partial charge in [-0.25, -0.2) is 4.98 Å². The number of thiazole rings is 1. The predicted octanol–water partition coefficient (Wildman–Crippen LogP) is 1.76. The Kier molecular flexibility index (Phi) is 4.04. The molecule has 72 valence electrons. The molecule has 1 rings (SSSR count). The van der Waals surface area contributed by atoms with E-state index in [4.69, 9.17) is 10.9 Å². The van der Waals surface area contributed by atoms with E-state index in [9.17, 15) is 0 Å². The lowest BCUT2D eigenvalue weighted by Gasteiger charge is -2.06. The average Bonchev–Trinajstić information content (AvgIpc) is 2.56. The third-order valence-corrected chi connectivity index (χ3v) is 3.35. The first-order valence-corrected chi connectivity index (χ1v) is 5.51. The lowest BCUT2D eigenvalue weighted by atomic mass is 10.3. The molecule has 1 heterocycles. The van der Waals surface area contributed by atoms with Crippen molar-refractivity contribution in [2.24, 2.45) is 10.9 Å². The summed E-state index contributed by atoms with van der Waals surface area (Å²) >= 11 is 3.22. The molecule has 0 bridgehead atoms. The molecule has 0 saturated carbocycles. The van der Waals surface area contributed by atoms with E-state index in [1.807, 2.05) is 12.3 Å². The molecule has 13 heavy (non-hydrogen) atoms. The number of oxime groups is 1. The van der Waals surface area contributed by atoms with Crippen LogP contribution in [0.4, 0.5) is 0 Å². The van der Waals surface area contributed by atoms with E-state index in [0.717, 1.165) is 4.34 Å². The number of hydrogen-bond acceptors (Lipinski definition) is 5. The highest BCUT2D eigenvalue weighted by Gasteiger charge is 2.08. The lowest BCUT2D eigenvalue weighted by molar-refractivity contribution is 0.317. The fourth-order valence-corrected chi connectivity index (χ4v) is 2.78. The maximum absolute atomic E-state index is 8.35. The summed E-state index contributed by atoms with van der Waals surface area (Å²) in [6.45, 7) is 2.02. The maximum Gasteiger partial charge on any atom is 0.150 e. The van der Waals surface area contributed by atoms with Crippen LogP contribution in [0, 0.1) is 0 Å². The first-order valence-electron chi connectivity index (χ1n) is 3.75. The molecule has 6 heteroatoms. The SMILES string of the molecule is CC(CC(N)=NO)Sc1nccs1. The highest BCUT2D eigenvalue weighted by Crippen LogP contribution is 2.26. The topological polar surface area (TPSA) is 71.5 Å². The zero-order chi connectivity index (χ0) is 9.68. The molecule has 1 unspecified atom stereocenters. The van der Waals surface area contributed by atoms with Crippen molar-refractivity contribution in [1.29, 1.82) is 0 Å². The Morgan fingerprint density at radius 3 is 3.23 bits per heavy atom. The normalized spacial score (nSPS) is 14.4. The van der Waals surface area contributed by atoms with Gasteiger partial charge >= 0.3 is 0 Å². The second-order valence-electron chi connectivity index (χ2n) is 2.52. The van der Waals surface area contributed by atoms with Crippen molar-refractivity contribution in [1.82, 2.24) is 4.98 Å². The van der Waals surface area contributed by atoms with E-state index in [1.54, 1.807) is 29.3 Å². The van der Waals surface area contributed by atoms with Crippen LogP contribution in [0.5, 0.6) is 0 Å². The van der Waals surface area contributed by atoms with Gasteiger partial charge in [0.25, 0.3) is 0 Å². The summed E-state index contributed by atoms with van der Waals surface area (Å²) in [5.41, 5.74) is 5.37. The van der Waals surface area contributed by atoms with E-state index in [1.165, 1.54) is 0 Å². The zero-order valence-electron chi connectivity index (χ0n) is 7.17. The molecule has 0 amide bonds. The van der Waals surface area contributed by atoms with E-state index in [2.05, 4.69) is 10.1 Å². The summed E-state index contributed by atoms with van der Waals surface area (Å²) in [5, 5.41) is 13.5. The molecule has 0 radical (unpaired) electrons. The van der Waals surface area contributed by atoms with Gasteiger partial charge in [-0.1, -0.05) is 23.8 Å². The molecule has 0 aromatic carbocycles. The predicted molar refractivity (Wildman–Crippen MR) is 55.5 cm³/mol. The summed E-state index contributed by atoms with van der Waals surface area (Å²) in [5.74, 6) is 0.261. The molecular weight excluding hydrogens is 206 g/mol. The Balaban J connectivity index is 2.38. The van der Waals surface area contributed by atoms with Crippen LogP contribution in [-0.4, -0.2) is 21.3 Å². The van der Waals surface area contributed by atoms with Crippen molar-refractivity contribution in [3.63, 3.8) is 0 Å². The Morgan fingerprint density at radius 1 is 1.92 bits per heavy atom. The minimum absolute atomic E-state index is 0.261. The second kappa shape index (κ2) is 5.08. The monoisotopic (exact) mass is 217 g/mol. The average molecular weight is 217 g/mol. The number of rotatable bonds is 4. The standard InChI is InChI=1S/C7H11N3OS2/c1-5(4-6(8)10-11)13-7-9-2-3-12-7/h2-3,5,11H,4H2,1H3,(H2,8,10).